The highest BCUT2D eigenvalue weighted by molar-refractivity contribution is 4.96. The largest absolute Gasteiger partial charge is 0.298 e. The van der Waals surface area contributed by atoms with E-state index in [2.05, 4.69) is 44.4 Å². The fourth-order valence-corrected chi connectivity index (χ4v) is 5.61. The molecular weight excluding hydrogens is 280 g/mol. The van der Waals surface area contributed by atoms with Crippen molar-refractivity contribution in [1.29, 1.82) is 0 Å². The summed E-state index contributed by atoms with van der Waals surface area (Å²) in [6.45, 7) is 17.6. The fourth-order valence-electron chi connectivity index (χ4n) is 5.61. The molecule has 0 bridgehead atoms. The SMILES string of the molecule is CC(C)(C)N1CCCC(CC(C)(C)N2CC3CCCC3C2)CC1. The Morgan fingerprint density at radius 2 is 1.39 bits per heavy atom. The van der Waals surface area contributed by atoms with Gasteiger partial charge in [0, 0.05) is 24.2 Å². The fraction of sp³-hybridized carbons (Fsp3) is 1.00. The van der Waals surface area contributed by atoms with Crippen LogP contribution in [0.5, 0.6) is 0 Å². The molecular formula is C21H40N2. The van der Waals surface area contributed by atoms with Crippen LogP contribution in [0.3, 0.4) is 0 Å². The molecule has 2 nitrogen and oxygen atoms in total. The molecule has 2 saturated heterocycles. The van der Waals surface area contributed by atoms with Crippen molar-refractivity contribution in [3.05, 3.63) is 0 Å². The third-order valence-corrected chi connectivity index (χ3v) is 7.17. The minimum absolute atomic E-state index is 0.344. The molecule has 0 spiro atoms. The standard InChI is InChI=1S/C21H40N2/c1-20(2,3)22-12-7-8-17(11-13-22)14-21(4,5)23-15-18-9-6-10-19(18)16-23/h17-19H,6-16H2,1-5H3. The maximum atomic E-state index is 2.86. The number of hydrogen-bond donors (Lipinski definition) is 0. The molecule has 0 N–H and O–H groups in total. The first kappa shape index (κ1) is 17.7. The predicted octanol–water partition coefficient (Wildman–Crippen LogP) is 4.79. The van der Waals surface area contributed by atoms with Crippen LogP contribution in [0.4, 0.5) is 0 Å². The van der Waals surface area contributed by atoms with Gasteiger partial charge in [-0.15, -0.1) is 0 Å². The van der Waals surface area contributed by atoms with E-state index in [1.807, 2.05) is 0 Å². The van der Waals surface area contributed by atoms with Gasteiger partial charge in [-0.3, -0.25) is 9.80 Å². The van der Waals surface area contributed by atoms with E-state index in [4.69, 9.17) is 0 Å². The second kappa shape index (κ2) is 6.67. The third-order valence-electron chi connectivity index (χ3n) is 7.17. The maximum absolute atomic E-state index is 2.86. The van der Waals surface area contributed by atoms with Crippen molar-refractivity contribution in [2.24, 2.45) is 17.8 Å². The van der Waals surface area contributed by atoms with E-state index < -0.39 is 0 Å². The summed E-state index contributed by atoms with van der Waals surface area (Å²) in [4.78, 5) is 5.56. The highest BCUT2D eigenvalue weighted by Crippen LogP contribution is 2.42. The summed E-state index contributed by atoms with van der Waals surface area (Å²) in [7, 11) is 0. The maximum Gasteiger partial charge on any atom is 0.0156 e. The van der Waals surface area contributed by atoms with Crippen LogP contribution in [0.25, 0.3) is 0 Å². The molecule has 0 aromatic heterocycles. The summed E-state index contributed by atoms with van der Waals surface area (Å²) in [6.07, 6.45) is 10.1. The van der Waals surface area contributed by atoms with Gasteiger partial charge in [-0.25, -0.2) is 0 Å². The van der Waals surface area contributed by atoms with Gasteiger partial charge in [0.2, 0.25) is 0 Å². The van der Waals surface area contributed by atoms with E-state index in [0.717, 1.165) is 17.8 Å². The predicted molar refractivity (Wildman–Crippen MR) is 99.8 cm³/mol. The number of likely N-dealkylation sites (tertiary alicyclic amines) is 2. The lowest BCUT2D eigenvalue weighted by atomic mass is 9.85. The molecule has 1 aliphatic carbocycles. The number of rotatable bonds is 3. The van der Waals surface area contributed by atoms with Crippen LogP contribution >= 0.6 is 0 Å². The van der Waals surface area contributed by atoms with Crippen molar-refractivity contribution in [3.63, 3.8) is 0 Å². The molecule has 1 saturated carbocycles. The molecule has 2 aliphatic heterocycles. The van der Waals surface area contributed by atoms with Crippen LogP contribution in [0.2, 0.25) is 0 Å². The average Bonchev–Trinajstić information content (AvgIpc) is 2.94. The van der Waals surface area contributed by atoms with Gasteiger partial charge in [0.15, 0.2) is 0 Å². The molecule has 23 heavy (non-hydrogen) atoms. The van der Waals surface area contributed by atoms with Gasteiger partial charge in [-0.1, -0.05) is 6.42 Å². The molecule has 0 amide bonds. The van der Waals surface area contributed by atoms with E-state index in [9.17, 15) is 0 Å². The van der Waals surface area contributed by atoms with Gasteiger partial charge in [-0.2, -0.15) is 0 Å². The summed E-state index contributed by atoms with van der Waals surface area (Å²) in [6, 6.07) is 0. The average molecular weight is 321 g/mol. The Kier molecular flexibility index (Phi) is 5.14. The Balaban J connectivity index is 1.54. The zero-order valence-corrected chi connectivity index (χ0v) is 16.4. The van der Waals surface area contributed by atoms with Gasteiger partial charge in [0.25, 0.3) is 0 Å². The Labute approximate surface area is 145 Å². The van der Waals surface area contributed by atoms with E-state index in [0.29, 0.717) is 11.1 Å². The zero-order chi connectivity index (χ0) is 16.7. The molecule has 0 radical (unpaired) electrons. The lowest BCUT2D eigenvalue weighted by Gasteiger charge is -2.39. The summed E-state index contributed by atoms with van der Waals surface area (Å²) in [5, 5.41) is 0. The normalized spacial score (nSPS) is 34.6. The quantitative estimate of drug-likeness (QED) is 0.738. The highest BCUT2D eigenvalue weighted by Gasteiger charge is 2.42. The van der Waals surface area contributed by atoms with Gasteiger partial charge < -0.3 is 0 Å². The van der Waals surface area contributed by atoms with Crippen molar-refractivity contribution < 1.29 is 0 Å². The first-order valence-corrected chi connectivity index (χ1v) is 10.3. The molecule has 134 valence electrons. The van der Waals surface area contributed by atoms with Crippen LogP contribution in [0, 0.1) is 17.8 Å². The second-order valence-corrected chi connectivity index (χ2v) is 10.3. The molecule has 2 heteroatoms. The first-order valence-electron chi connectivity index (χ1n) is 10.3. The summed E-state index contributed by atoms with van der Waals surface area (Å²) in [5.74, 6) is 2.98. The van der Waals surface area contributed by atoms with Crippen LogP contribution in [-0.4, -0.2) is 47.1 Å². The summed E-state index contributed by atoms with van der Waals surface area (Å²) in [5.41, 5.74) is 0.753. The number of nitrogens with zero attached hydrogens (tertiary/aromatic N) is 2. The van der Waals surface area contributed by atoms with Gasteiger partial charge in [0.05, 0.1) is 0 Å². The van der Waals surface area contributed by atoms with Crippen molar-refractivity contribution >= 4 is 0 Å². The number of hydrogen-bond acceptors (Lipinski definition) is 2. The molecule has 3 rings (SSSR count). The molecule has 3 aliphatic rings. The van der Waals surface area contributed by atoms with E-state index in [1.54, 1.807) is 0 Å². The molecule has 2 heterocycles. The van der Waals surface area contributed by atoms with Crippen molar-refractivity contribution in [1.82, 2.24) is 9.80 Å². The lowest BCUT2D eigenvalue weighted by molar-refractivity contribution is 0.104. The number of fused-ring (bicyclic) bond motifs is 1. The minimum atomic E-state index is 0.344. The zero-order valence-electron chi connectivity index (χ0n) is 16.4. The Bertz CT molecular complexity index is 383. The Morgan fingerprint density at radius 3 is 2.00 bits per heavy atom. The van der Waals surface area contributed by atoms with E-state index in [1.165, 1.54) is 71.1 Å². The lowest BCUT2D eigenvalue weighted by Crippen LogP contribution is -2.44. The Morgan fingerprint density at radius 1 is 0.739 bits per heavy atom. The Hall–Kier alpha value is -0.0800. The molecule has 0 aromatic carbocycles. The van der Waals surface area contributed by atoms with E-state index >= 15 is 0 Å². The minimum Gasteiger partial charge on any atom is -0.298 e. The highest BCUT2D eigenvalue weighted by atomic mass is 15.2. The first-order chi connectivity index (χ1) is 10.8. The van der Waals surface area contributed by atoms with Crippen LogP contribution < -0.4 is 0 Å². The van der Waals surface area contributed by atoms with Crippen molar-refractivity contribution in [2.75, 3.05) is 26.2 Å². The van der Waals surface area contributed by atoms with Gasteiger partial charge in [-0.05, 0) is 104 Å². The summed E-state index contributed by atoms with van der Waals surface area (Å²) >= 11 is 0. The molecule has 3 fully saturated rings. The van der Waals surface area contributed by atoms with Crippen molar-refractivity contribution in [3.8, 4) is 0 Å². The smallest absolute Gasteiger partial charge is 0.0156 e. The van der Waals surface area contributed by atoms with Gasteiger partial charge in [0.1, 0.15) is 0 Å². The topological polar surface area (TPSA) is 6.48 Å². The third kappa shape index (κ3) is 4.12. The monoisotopic (exact) mass is 320 g/mol. The molecule has 3 unspecified atom stereocenters. The molecule has 0 aromatic rings. The molecule has 3 atom stereocenters. The van der Waals surface area contributed by atoms with Crippen LogP contribution in [-0.2, 0) is 0 Å². The van der Waals surface area contributed by atoms with Crippen LogP contribution in [0.1, 0.15) is 79.6 Å². The summed E-state index contributed by atoms with van der Waals surface area (Å²) < 4.78 is 0. The van der Waals surface area contributed by atoms with Crippen LogP contribution in [0.15, 0.2) is 0 Å². The van der Waals surface area contributed by atoms with Gasteiger partial charge >= 0.3 is 0 Å². The van der Waals surface area contributed by atoms with E-state index in [-0.39, 0.29) is 0 Å². The second-order valence-electron chi connectivity index (χ2n) is 10.3. The van der Waals surface area contributed by atoms with Crippen molar-refractivity contribution in [2.45, 2.75) is 90.6 Å².